The average Bonchev–Trinajstić information content (AvgIpc) is 2.39. The number of benzene rings is 1. The standard InChI is InChI=1S/C16H27N3/c1-13-11-14(12-17-2)5-6-16(13)19-9-7-15(8-10-19)18(3)4/h5-6,11,15,17H,7-10,12H2,1-4H3. The van der Waals surface area contributed by atoms with Crippen LogP contribution in [0.15, 0.2) is 18.2 Å². The van der Waals surface area contributed by atoms with Gasteiger partial charge in [-0.15, -0.1) is 0 Å². The second kappa shape index (κ2) is 6.40. The van der Waals surface area contributed by atoms with Crippen molar-refractivity contribution in [3.8, 4) is 0 Å². The fourth-order valence-electron chi connectivity index (χ4n) is 3.01. The molecule has 0 unspecified atom stereocenters. The summed E-state index contributed by atoms with van der Waals surface area (Å²) in [6.07, 6.45) is 2.54. The molecule has 0 bridgehead atoms. The number of hydrogen-bond acceptors (Lipinski definition) is 3. The van der Waals surface area contributed by atoms with Gasteiger partial charge in [0, 0.05) is 31.4 Å². The number of nitrogens with one attached hydrogen (secondary N) is 1. The molecule has 1 aliphatic heterocycles. The first-order valence-corrected chi connectivity index (χ1v) is 7.27. The zero-order valence-corrected chi connectivity index (χ0v) is 12.7. The second-order valence-corrected chi connectivity index (χ2v) is 5.83. The number of aryl methyl sites for hydroxylation is 1. The lowest BCUT2D eigenvalue weighted by Gasteiger charge is -2.37. The fraction of sp³-hybridized carbons (Fsp3) is 0.625. The van der Waals surface area contributed by atoms with Crippen molar-refractivity contribution in [1.29, 1.82) is 0 Å². The molecule has 1 aromatic carbocycles. The maximum Gasteiger partial charge on any atom is 0.0396 e. The first-order chi connectivity index (χ1) is 9.11. The molecule has 1 saturated heterocycles. The third-order valence-corrected chi connectivity index (χ3v) is 4.18. The smallest absolute Gasteiger partial charge is 0.0396 e. The van der Waals surface area contributed by atoms with Crippen LogP contribution in [-0.4, -0.2) is 45.2 Å². The van der Waals surface area contributed by atoms with Crippen LogP contribution in [0.2, 0.25) is 0 Å². The quantitative estimate of drug-likeness (QED) is 0.897. The number of piperidine rings is 1. The van der Waals surface area contributed by atoms with Gasteiger partial charge in [-0.1, -0.05) is 12.1 Å². The van der Waals surface area contributed by atoms with E-state index in [0.29, 0.717) is 0 Å². The van der Waals surface area contributed by atoms with Gasteiger partial charge in [0.25, 0.3) is 0 Å². The molecule has 0 atom stereocenters. The Balaban J connectivity index is 2.03. The number of nitrogens with zero attached hydrogens (tertiary/aromatic N) is 2. The lowest BCUT2D eigenvalue weighted by Crippen LogP contribution is -2.42. The predicted octanol–water partition coefficient (Wildman–Crippen LogP) is 2.24. The van der Waals surface area contributed by atoms with E-state index in [1.807, 2.05) is 7.05 Å². The molecule has 3 nitrogen and oxygen atoms in total. The lowest BCUT2D eigenvalue weighted by atomic mass is 10.0. The summed E-state index contributed by atoms with van der Waals surface area (Å²) >= 11 is 0. The van der Waals surface area contributed by atoms with Crippen LogP contribution in [-0.2, 0) is 6.54 Å². The molecule has 1 aromatic rings. The highest BCUT2D eigenvalue weighted by Gasteiger charge is 2.21. The Bertz CT molecular complexity index is 406. The SMILES string of the molecule is CNCc1ccc(N2CCC(N(C)C)CC2)c(C)c1. The van der Waals surface area contributed by atoms with Crippen LogP contribution in [0.3, 0.4) is 0 Å². The van der Waals surface area contributed by atoms with Gasteiger partial charge in [-0.3, -0.25) is 0 Å². The van der Waals surface area contributed by atoms with Gasteiger partial charge in [-0.05, 0) is 58.1 Å². The highest BCUT2D eigenvalue weighted by Crippen LogP contribution is 2.25. The Morgan fingerprint density at radius 1 is 1.26 bits per heavy atom. The van der Waals surface area contributed by atoms with Gasteiger partial charge < -0.3 is 15.1 Å². The first-order valence-electron chi connectivity index (χ1n) is 7.27. The van der Waals surface area contributed by atoms with Gasteiger partial charge in [-0.25, -0.2) is 0 Å². The molecule has 0 aromatic heterocycles. The highest BCUT2D eigenvalue weighted by atomic mass is 15.2. The van der Waals surface area contributed by atoms with E-state index in [2.05, 4.69) is 54.3 Å². The van der Waals surface area contributed by atoms with Gasteiger partial charge in [0.05, 0.1) is 0 Å². The number of rotatable bonds is 4. The summed E-state index contributed by atoms with van der Waals surface area (Å²) < 4.78 is 0. The molecule has 106 valence electrons. The summed E-state index contributed by atoms with van der Waals surface area (Å²) in [7, 11) is 6.38. The molecule has 0 spiro atoms. The molecule has 1 fully saturated rings. The average molecular weight is 261 g/mol. The topological polar surface area (TPSA) is 18.5 Å². The van der Waals surface area contributed by atoms with E-state index in [4.69, 9.17) is 0 Å². The molecule has 1 aliphatic rings. The Labute approximate surface area is 117 Å². The van der Waals surface area contributed by atoms with E-state index in [1.54, 1.807) is 0 Å². The van der Waals surface area contributed by atoms with Crippen molar-refractivity contribution in [3.63, 3.8) is 0 Å². The van der Waals surface area contributed by atoms with Crippen molar-refractivity contribution in [3.05, 3.63) is 29.3 Å². The molecular formula is C16H27N3. The zero-order valence-electron chi connectivity index (χ0n) is 12.7. The van der Waals surface area contributed by atoms with Crippen LogP contribution in [0.5, 0.6) is 0 Å². The highest BCUT2D eigenvalue weighted by molar-refractivity contribution is 5.54. The minimum absolute atomic E-state index is 0.750. The van der Waals surface area contributed by atoms with E-state index in [1.165, 1.54) is 42.7 Å². The van der Waals surface area contributed by atoms with Crippen LogP contribution in [0, 0.1) is 6.92 Å². The molecule has 1 N–H and O–H groups in total. The maximum absolute atomic E-state index is 3.21. The van der Waals surface area contributed by atoms with Crippen LogP contribution < -0.4 is 10.2 Å². The van der Waals surface area contributed by atoms with E-state index < -0.39 is 0 Å². The summed E-state index contributed by atoms with van der Waals surface area (Å²) in [6.45, 7) is 5.53. The largest absolute Gasteiger partial charge is 0.371 e. The third kappa shape index (κ3) is 3.48. The molecule has 19 heavy (non-hydrogen) atoms. The molecule has 0 radical (unpaired) electrons. The monoisotopic (exact) mass is 261 g/mol. The molecule has 0 saturated carbocycles. The van der Waals surface area contributed by atoms with Crippen molar-refractivity contribution in [1.82, 2.24) is 10.2 Å². The predicted molar refractivity (Wildman–Crippen MR) is 82.9 cm³/mol. The van der Waals surface area contributed by atoms with Crippen LogP contribution in [0.4, 0.5) is 5.69 Å². The van der Waals surface area contributed by atoms with Crippen LogP contribution >= 0.6 is 0 Å². The molecule has 1 heterocycles. The van der Waals surface area contributed by atoms with Crippen molar-refractivity contribution >= 4 is 5.69 Å². The van der Waals surface area contributed by atoms with Crippen molar-refractivity contribution in [2.24, 2.45) is 0 Å². The van der Waals surface area contributed by atoms with Crippen molar-refractivity contribution in [2.45, 2.75) is 32.4 Å². The zero-order chi connectivity index (χ0) is 13.8. The first kappa shape index (κ1) is 14.4. The maximum atomic E-state index is 3.21. The van der Waals surface area contributed by atoms with Crippen LogP contribution in [0.1, 0.15) is 24.0 Å². The summed E-state index contributed by atoms with van der Waals surface area (Å²) in [6, 6.07) is 7.60. The Kier molecular flexibility index (Phi) is 4.83. The lowest BCUT2D eigenvalue weighted by molar-refractivity contribution is 0.249. The summed E-state index contributed by atoms with van der Waals surface area (Å²) in [5, 5.41) is 3.21. The van der Waals surface area contributed by atoms with Gasteiger partial charge in [0.2, 0.25) is 0 Å². The van der Waals surface area contributed by atoms with Gasteiger partial charge in [0.1, 0.15) is 0 Å². The minimum Gasteiger partial charge on any atom is -0.371 e. The molecule has 0 aliphatic carbocycles. The second-order valence-electron chi connectivity index (χ2n) is 5.83. The van der Waals surface area contributed by atoms with Crippen molar-refractivity contribution < 1.29 is 0 Å². The van der Waals surface area contributed by atoms with Crippen LogP contribution in [0.25, 0.3) is 0 Å². The number of hydrogen-bond donors (Lipinski definition) is 1. The Morgan fingerprint density at radius 2 is 1.95 bits per heavy atom. The van der Waals surface area contributed by atoms with Gasteiger partial charge in [0.15, 0.2) is 0 Å². The molecule has 3 heteroatoms. The Morgan fingerprint density at radius 3 is 2.47 bits per heavy atom. The van der Waals surface area contributed by atoms with E-state index in [-0.39, 0.29) is 0 Å². The van der Waals surface area contributed by atoms with E-state index in [0.717, 1.165) is 12.6 Å². The van der Waals surface area contributed by atoms with Gasteiger partial charge >= 0.3 is 0 Å². The number of anilines is 1. The normalized spacial score (nSPS) is 17.2. The molecular weight excluding hydrogens is 234 g/mol. The minimum atomic E-state index is 0.750. The molecule has 0 amide bonds. The van der Waals surface area contributed by atoms with E-state index in [9.17, 15) is 0 Å². The third-order valence-electron chi connectivity index (χ3n) is 4.18. The van der Waals surface area contributed by atoms with Gasteiger partial charge in [-0.2, -0.15) is 0 Å². The summed E-state index contributed by atoms with van der Waals surface area (Å²) in [4.78, 5) is 4.90. The van der Waals surface area contributed by atoms with E-state index >= 15 is 0 Å². The Hall–Kier alpha value is -1.06. The summed E-state index contributed by atoms with van der Waals surface area (Å²) in [5.74, 6) is 0. The fourth-order valence-corrected chi connectivity index (χ4v) is 3.01. The molecule has 2 rings (SSSR count). The summed E-state index contributed by atoms with van der Waals surface area (Å²) in [5.41, 5.74) is 4.18. The van der Waals surface area contributed by atoms with Crippen molar-refractivity contribution in [2.75, 3.05) is 39.1 Å².